The lowest BCUT2D eigenvalue weighted by atomic mass is 9.83. The molecule has 1 aliphatic carbocycles. The van der Waals surface area contributed by atoms with Gasteiger partial charge in [0.2, 0.25) is 5.91 Å². The first kappa shape index (κ1) is 17.1. The lowest BCUT2D eigenvalue weighted by molar-refractivity contribution is -0.141. The number of nitrogens with one attached hydrogen (secondary N) is 1. The third-order valence-electron chi connectivity index (χ3n) is 6.34. The van der Waals surface area contributed by atoms with Crippen LogP contribution in [-0.2, 0) is 16.8 Å². The molecule has 5 rings (SSSR count). The second-order valence-electron chi connectivity index (χ2n) is 9.44. The van der Waals surface area contributed by atoms with E-state index in [1.807, 2.05) is 0 Å². The zero-order chi connectivity index (χ0) is 17.6. The molecule has 4 fully saturated rings. The Balaban J connectivity index is 1.44. The van der Waals surface area contributed by atoms with Gasteiger partial charge < -0.3 is 4.90 Å². The summed E-state index contributed by atoms with van der Waals surface area (Å²) in [6, 6.07) is 2.61. The molecule has 2 bridgehead atoms. The predicted molar refractivity (Wildman–Crippen MR) is 98.1 cm³/mol. The Morgan fingerprint density at radius 3 is 2.64 bits per heavy atom. The summed E-state index contributed by atoms with van der Waals surface area (Å²) in [6.07, 6.45) is 6.22. The Hall–Kier alpha value is -1.36. The van der Waals surface area contributed by atoms with Gasteiger partial charge in [0.1, 0.15) is 0 Å². The summed E-state index contributed by atoms with van der Waals surface area (Å²) in [5.74, 6) is 1.38. The van der Waals surface area contributed by atoms with Gasteiger partial charge in [-0.2, -0.15) is 5.10 Å². The number of hydrogen-bond donors (Lipinski definition) is 1. The van der Waals surface area contributed by atoms with Gasteiger partial charge in [0, 0.05) is 43.3 Å². The van der Waals surface area contributed by atoms with E-state index in [0.29, 0.717) is 11.9 Å². The van der Waals surface area contributed by atoms with E-state index < -0.39 is 0 Å². The van der Waals surface area contributed by atoms with Gasteiger partial charge in [0.15, 0.2) is 0 Å². The SMILES string of the molecule is CC(C)(C)c1cc(CN2C[C@H]3CC[C@@H](C2)N(CC2CCC2)C3=O)[nH]n1. The smallest absolute Gasteiger partial charge is 0.227 e. The van der Waals surface area contributed by atoms with Crippen molar-refractivity contribution in [2.45, 2.75) is 70.9 Å². The van der Waals surface area contributed by atoms with Gasteiger partial charge >= 0.3 is 0 Å². The highest BCUT2D eigenvalue weighted by Crippen LogP contribution is 2.34. The average Bonchev–Trinajstić information content (AvgIpc) is 2.82. The molecule has 0 spiro atoms. The van der Waals surface area contributed by atoms with Gasteiger partial charge in [-0.05, 0) is 37.7 Å². The Bertz CT molecular complexity index is 628. The zero-order valence-electron chi connectivity index (χ0n) is 15.9. The van der Waals surface area contributed by atoms with Crippen molar-refractivity contribution >= 4 is 5.91 Å². The largest absolute Gasteiger partial charge is 0.338 e. The Morgan fingerprint density at radius 2 is 2.00 bits per heavy atom. The van der Waals surface area contributed by atoms with Crippen LogP contribution in [0, 0.1) is 11.8 Å². The second-order valence-corrected chi connectivity index (χ2v) is 9.44. The molecule has 2 atom stereocenters. The molecule has 138 valence electrons. The summed E-state index contributed by atoms with van der Waals surface area (Å²) >= 11 is 0. The maximum absolute atomic E-state index is 12.9. The van der Waals surface area contributed by atoms with Crippen molar-refractivity contribution in [3.63, 3.8) is 0 Å². The molecule has 1 amide bonds. The Kier molecular flexibility index (Phi) is 4.38. The minimum atomic E-state index is 0.0715. The molecular formula is C20H32N4O. The molecule has 0 aromatic carbocycles. The van der Waals surface area contributed by atoms with Crippen molar-refractivity contribution in [3.05, 3.63) is 17.5 Å². The van der Waals surface area contributed by atoms with E-state index in [9.17, 15) is 4.79 Å². The molecular weight excluding hydrogens is 312 g/mol. The number of carbonyl (C=O) groups excluding carboxylic acids is 1. The van der Waals surface area contributed by atoms with Crippen molar-refractivity contribution in [2.75, 3.05) is 19.6 Å². The minimum absolute atomic E-state index is 0.0715. The van der Waals surface area contributed by atoms with Crippen LogP contribution in [0.3, 0.4) is 0 Å². The molecule has 1 saturated carbocycles. The second kappa shape index (κ2) is 6.42. The van der Waals surface area contributed by atoms with Crippen molar-refractivity contribution < 1.29 is 4.79 Å². The fourth-order valence-corrected chi connectivity index (χ4v) is 4.52. The molecule has 5 nitrogen and oxygen atoms in total. The summed E-state index contributed by atoms with van der Waals surface area (Å²) in [5.41, 5.74) is 2.36. The quantitative estimate of drug-likeness (QED) is 0.914. The Labute approximate surface area is 151 Å². The average molecular weight is 345 g/mol. The van der Waals surface area contributed by atoms with Crippen LogP contribution in [0.4, 0.5) is 0 Å². The fraction of sp³-hybridized carbons (Fsp3) is 0.800. The highest BCUT2D eigenvalue weighted by Gasteiger charge is 2.41. The van der Waals surface area contributed by atoms with Crippen molar-refractivity contribution in [2.24, 2.45) is 11.8 Å². The number of piperidine rings is 1. The van der Waals surface area contributed by atoms with Crippen molar-refractivity contribution in [1.29, 1.82) is 0 Å². The summed E-state index contributed by atoms with van der Waals surface area (Å²) in [6.45, 7) is 10.4. The van der Waals surface area contributed by atoms with Gasteiger partial charge in [-0.25, -0.2) is 0 Å². The first-order valence-electron chi connectivity index (χ1n) is 9.98. The molecule has 1 N–H and O–H groups in total. The summed E-state index contributed by atoms with van der Waals surface area (Å²) in [5, 5.41) is 7.70. The lowest BCUT2D eigenvalue weighted by Gasteiger charge is -2.40. The van der Waals surface area contributed by atoms with Crippen LogP contribution in [0.2, 0.25) is 0 Å². The molecule has 1 aromatic heterocycles. The summed E-state index contributed by atoms with van der Waals surface area (Å²) < 4.78 is 0. The number of aromatic amines is 1. The topological polar surface area (TPSA) is 52.2 Å². The van der Waals surface area contributed by atoms with E-state index >= 15 is 0 Å². The van der Waals surface area contributed by atoms with E-state index in [1.165, 1.54) is 31.4 Å². The standard InChI is InChI=1S/C20H32N4O/c1-20(2,3)18-9-16(21-22-18)12-23-11-15-7-8-17(13-23)24(19(15)25)10-14-5-4-6-14/h9,14-15,17H,4-8,10-13H2,1-3H3,(H,21,22)/t15-,17+/m1/s1. The van der Waals surface area contributed by atoms with Crippen molar-refractivity contribution in [3.8, 4) is 0 Å². The van der Waals surface area contributed by atoms with E-state index in [4.69, 9.17) is 0 Å². The number of carbonyl (C=O) groups is 1. The van der Waals surface area contributed by atoms with Gasteiger partial charge in [0.05, 0.1) is 11.6 Å². The van der Waals surface area contributed by atoms with Gasteiger partial charge in [-0.3, -0.25) is 14.8 Å². The van der Waals surface area contributed by atoms with Gasteiger partial charge in [-0.1, -0.05) is 27.2 Å². The van der Waals surface area contributed by atoms with Crippen molar-refractivity contribution in [1.82, 2.24) is 20.0 Å². The molecule has 0 radical (unpaired) electrons. The van der Waals surface area contributed by atoms with Crippen LogP contribution in [0.15, 0.2) is 6.07 Å². The van der Waals surface area contributed by atoms with E-state index in [1.54, 1.807) is 0 Å². The number of amides is 1. The first-order chi connectivity index (χ1) is 11.9. The van der Waals surface area contributed by atoms with Gasteiger partial charge in [0.25, 0.3) is 0 Å². The molecule has 3 aliphatic heterocycles. The third kappa shape index (κ3) is 3.48. The molecule has 4 aliphatic rings. The minimum Gasteiger partial charge on any atom is -0.338 e. The molecule has 0 unspecified atom stereocenters. The van der Waals surface area contributed by atoms with E-state index in [-0.39, 0.29) is 11.3 Å². The van der Waals surface area contributed by atoms with Crippen LogP contribution in [0.25, 0.3) is 0 Å². The normalized spacial score (nSPS) is 28.3. The van der Waals surface area contributed by atoms with E-state index in [0.717, 1.165) is 44.2 Å². The molecule has 5 heteroatoms. The zero-order valence-corrected chi connectivity index (χ0v) is 15.9. The molecule has 4 heterocycles. The van der Waals surface area contributed by atoms with Gasteiger partial charge in [-0.15, -0.1) is 0 Å². The number of H-pyrrole nitrogens is 1. The number of nitrogens with zero attached hydrogens (tertiary/aromatic N) is 3. The van der Waals surface area contributed by atoms with Crippen LogP contribution in [0.1, 0.15) is 64.3 Å². The predicted octanol–water partition coefficient (Wildman–Crippen LogP) is 2.93. The lowest BCUT2D eigenvalue weighted by Crippen LogP contribution is -2.50. The molecule has 3 saturated heterocycles. The number of hydrogen-bond acceptors (Lipinski definition) is 3. The maximum Gasteiger partial charge on any atom is 0.227 e. The monoisotopic (exact) mass is 344 g/mol. The van der Waals surface area contributed by atoms with Crippen LogP contribution in [-0.4, -0.2) is 51.6 Å². The number of aromatic nitrogens is 2. The van der Waals surface area contributed by atoms with Crippen LogP contribution in [0.5, 0.6) is 0 Å². The highest BCUT2D eigenvalue weighted by molar-refractivity contribution is 5.80. The summed E-state index contributed by atoms with van der Waals surface area (Å²) in [4.78, 5) is 17.6. The third-order valence-corrected chi connectivity index (χ3v) is 6.34. The van der Waals surface area contributed by atoms with Crippen LogP contribution < -0.4 is 0 Å². The highest BCUT2D eigenvalue weighted by atomic mass is 16.2. The molecule has 1 aromatic rings. The number of rotatable bonds is 4. The fourth-order valence-electron chi connectivity index (χ4n) is 4.52. The van der Waals surface area contributed by atoms with Crippen LogP contribution >= 0.6 is 0 Å². The molecule has 25 heavy (non-hydrogen) atoms. The summed E-state index contributed by atoms with van der Waals surface area (Å²) in [7, 11) is 0. The Morgan fingerprint density at radius 1 is 1.20 bits per heavy atom. The van der Waals surface area contributed by atoms with E-state index in [2.05, 4.69) is 46.8 Å². The maximum atomic E-state index is 12.9. The number of fused-ring (bicyclic) bond motifs is 4. The first-order valence-corrected chi connectivity index (χ1v) is 9.98.